The number of halogens is 1. The van der Waals surface area contributed by atoms with Gasteiger partial charge < -0.3 is 15.4 Å². The number of carbonyl (C=O) groups excluding carboxylic acids is 1. The predicted octanol–water partition coefficient (Wildman–Crippen LogP) is 2.21. The second-order valence-corrected chi connectivity index (χ2v) is 6.68. The van der Waals surface area contributed by atoms with Gasteiger partial charge in [0.2, 0.25) is 11.9 Å². The Labute approximate surface area is 151 Å². The number of benzene rings is 1. The largest absolute Gasteiger partial charge is 0.457 e. The lowest BCUT2D eigenvalue weighted by Crippen LogP contribution is -2.35. The molecule has 8 heteroatoms. The molecule has 0 radical (unpaired) electrons. The first kappa shape index (κ1) is 18.0. The van der Waals surface area contributed by atoms with Gasteiger partial charge in [0.15, 0.2) is 12.4 Å². The summed E-state index contributed by atoms with van der Waals surface area (Å²) in [4.78, 5) is 26.8. The summed E-state index contributed by atoms with van der Waals surface area (Å²) in [6.45, 7) is -0.108. The van der Waals surface area contributed by atoms with E-state index in [0.717, 1.165) is 12.8 Å². The Morgan fingerprint density at radius 1 is 1.27 bits per heavy atom. The highest BCUT2D eigenvalue weighted by Gasteiger charge is 2.44. The first-order chi connectivity index (χ1) is 12.4. The maximum Gasteiger partial charge on any atom is 0.317 e. The monoisotopic (exact) mass is 359 g/mol. The average Bonchev–Trinajstić information content (AvgIpc) is 3.10. The van der Waals surface area contributed by atoms with E-state index in [2.05, 4.69) is 15.0 Å². The molecule has 2 aromatic rings. The molecule has 0 aliphatic heterocycles. The first-order valence-electron chi connectivity index (χ1n) is 8.52. The Balaban J connectivity index is 1.80. The van der Waals surface area contributed by atoms with E-state index in [9.17, 15) is 9.18 Å². The summed E-state index contributed by atoms with van der Waals surface area (Å²) >= 11 is 0. The molecule has 26 heavy (non-hydrogen) atoms. The van der Waals surface area contributed by atoms with Crippen molar-refractivity contribution in [2.45, 2.75) is 37.7 Å². The zero-order valence-corrected chi connectivity index (χ0v) is 14.9. The number of hydrogen-bond donors (Lipinski definition) is 1. The Morgan fingerprint density at radius 2 is 2.00 bits per heavy atom. The fourth-order valence-electron chi connectivity index (χ4n) is 3.33. The molecule has 7 nitrogen and oxygen atoms in total. The molecule has 0 atom stereocenters. The van der Waals surface area contributed by atoms with Gasteiger partial charge in [-0.3, -0.25) is 4.79 Å². The van der Waals surface area contributed by atoms with Crippen molar-refractivity contribution in [1.29, 1.82) is 0 Å². The number of aromatic nitrogens is 3. The lowest BCUT2D eigenvalue weighted by atomic mass is 9.79. The van der Waals surface area contributed by atoms with Crippen LogP contribution in [0.15, 0.2) is 24.3 Å². The molecule has 1 aromatic heterocycles. The van der Waals surface area contributed by atoms with Gasteiger partial charge in [-0.25, -0.2) is 4.39 Å². The molecule has 0 bridgehead atoms. The maximum absolute atomic E-state index is 13.7. The van der Waals surface area contributed by atoms with Crippen molar-refractivity contribution in [1.82, 2.24) is 15.0 Å². The quantitative estimate of drug-likeness (QED) is 0.818. The summed E-state index contributed by atoms with van der Waals surface area (Å²) in [7, 11) is 3.56. The van der Waals surface area contributed by atoms with Crippen LogP contribution in [0.1, 0.15) is 37.1 Å². The van der Waals surface area contributed by atoms with Crippen LogP contribution < -0.4 is 10.6 Å². The number of nitrogens with zero attached hydrogens (tertiary/aromatic N) is 4. The molecule has 0 unspecified atom stereocenters. The van der Waals surface area contributed by atoms with Crippen LogP contribution in [-0.4, -0.2) is 35.0 Å². The summed E-state index contributed by atoms with van der Waals surface area (Å²) in [6.07, 6.45) is 3.07. The number of anilines is 2. The molecule has 1 saturated carbocycles. The van der Waals surface area contributed by atoms with E-state index in [1.807, 2.05) is 0 Å². The Morgan fingerprint density at radius 3 is 2.65 bits per heavy atom. The van der Waals surface area contributed by atoms with E-state index in [1.165, 1.54) is 12.1 Å². The summed E-state index contributed by atoms with van der Waals surface area (Å²) in [6, 6.07) is 6.18. The molecule has 1 fully saturated rings. The number of ether oxygens (including phenoxy) is 1. The van der Waals surface area contributed by atoms with Crippen LogP contribution in [0.2, 0.25) is 0 Å². The Bertz CT molecular complexity index is 806. The number of nitrogen functional groups attached to an aromatic ring is 1. The van der Waals surface area contributed by atoms with Crippen LogP contribution in [0.5, 0.6) is 0 Å². The van der Waals surface area contributed by atoms with Crippen LogP contribution in [-0.2, 0) is 21.6 Å². The topological polar surface area (TPSA) is 94.2 Å². The second kappa shape index (κ2) is 7.23. The van der Waals surface area contributed by atoms with Gasteiger partial charge in [-0.1, -0.05) is 25.0 Å². The van der Waals surface area contributed by atoms with E-state index < -0.39 is 5.41 Å². The number of hydrogen-bond acceptors (Lipinski definition) is 7. The fraction of sp³-hybridized carbons (Fsp3) is 0.444. The number of rotatable bonds is 5. The van der Waals surface area contributed by atoms with Crippen molar-refractivity contribution in [3.63, 3.8) is 0 Å². The smallest absolute Gasteiger partial charge is 0.317 e. The van der Waals surface area contributed by atoms with Crippen molar-refractivity contribution in [3.05, 3.63) is 41.5 Å². The highest BCUT2D eigenvalue weighted by molar-refractivity contribution is 5.83. The van der Waals surface area contributed by atoms with Crippen LogP contribution >= 0.6 is 0 Å². The van der Waals surface area contributed by atoms with Gasteiger partial charge in [-0.05, 0) is 30.5 Å². The molecule has 138 valence electrons. The number of carbonyl (C=O) groups is 1. The summed E-state index contributed by atoms with van der Waals surface area (Å²) in [5, 5.41) is 0. The van der Waals surface area contributed by atoms with Crippen LogP contribution in [0.25, 0.3) is 0 Å². The minimum atomic E-state index is -0.814. The molecular weight excluding hydrogens is 337 g/mol. The van der Waals surface area contributed by atoms with Gasteiger partial charge in [-0.2, -0.15) is 15.0 Å². The lowest BCUT2D eigenvalue weighted by molar-refractivity contribution is -0.152. The Hall–Kier alpha value is -2.77. The van der Waals surface area contributed by atoms with Crippen molar-refractivity contribution < 1.29 is 13.9 Å². The molecule has 3 rings (SSSR count). The van der Waals surface area contributed by atoms with E-state index in [1.54, 1.807) is 31.1 Å². The highest BCUT2D eigenvalue weighted by atomic mass is 19.1. The molecule has 1 heterocycles. The SMILES string of the molecule is CN(C)c1nc(N)nc(COC(=O)C2(c3cccc(F)c3)CCCC2)n1. The molecule has 0 spiro atoms. The van der Waals surface area contributed by atoms with Gasteiger partial charge >= 0.3 is 5.97 Å². The maximum atomic E-state index is 13.7. The molecule has 0 amide bonds. The summed E-state index contributed by atoms with van der Waals surface area (Å²) in [5.41, 5.74) is 5.53. The van der Waals surface area contributed by atoms with Gasteiger partial charge in [0.25, 0.3) is 0 Å². The van der Waals surface area contributed by atoms with Crippen molar-refractivity contribution in [2.24, 2.45) is 0 Å². The minimum Gasteiger partial charge on any atom is -0.457 e. The molecule has 1 aliphatic rings. The van der Waals surface area contributed by atoms with Crippen molar-refractivity contribution in [3.8, 4) is 0 Å². The molecular formula is C18H22FN5O2. The first-order valence-corrected chi connectivity index (χ1v) is 8.52. The van der Waals surface area contributed by atoms with Gasteiger partial charge in [-0.15, -0.1) is 0 Å². The normalized spacial score (nSPS) is 15.7. The standard InChI is InChI=1S/C18H22FN5O2/c1-24(2)17-22-14(21-16(20)23-17)11-26-15(25)18(8-3-4-9-18)12-6-5-7-13(19)10-12/h5-7,10H,3-4,8-9,11H2,1-2H3,(H2,20,21,22,23). The van der Waals surface area contributed by atoms with E-state index in [4.69, 9.17) is 10.5 Å². The summed E-state index contributed by atoms with van der Waals surface area (Å²) < 4.78 is 19.2. The van der Waals surface area contributed by atoms with Gasteiger partial charge in [0.05, 0.1) is 5.41 Å². The lowest BCUT2D eigenvalue weighted by Gasteiger charge is -2.27. The fourth-order valence-corrected chi connectivity index (χ4v) is 3.33. The van der Waals surface area contributed by atoms with E-state index in [-0.39, 0.29) is 30.2 Å². The molecule has 0 saturated heterocycles. The Kier molecular flexibility index (Phi) is 5.01. The van der Waals surface area contributed by atoms with Gasteiger partial charge in [0, 0.05) is 14.1 Å². The molecule has 2 N–H and O–H groups in total. The zero-order chi connectivity index (χ0) is 18.7. The third-order valence-corrected chi connectivity index (χ3v) is 4.64. The average molecular weight is 359 g/mol. The molecule has 1 aliphatic carbocycles. The van der Waals surface area contributed by atoms with Crippen molar-refractivity contribution >= 4 is 17.9 Å². The third-order valence-electron chi connectivity index (χ3n) is 4.64. The predicted molar refractivity (Wildman–Crippen MR) is 94.9 cm³/mol. The molecule has 1 aromatic carbocycles. The number of esters is 1. The zero-order valence-electron chi connectivity index (χ0n) is 14.9. The second-order valence-electron chi connectivity index (χ2n) is 6.68. The van der Waals surface area contributed by atoms with E-state index >= 15 is 0 Å². The number of nitrogens with two attached hydrogens (primary N) is 1. The summed E-state index contributed by atoms with van der Waals surface area (Å²) in [5.74, 6) is -0.00455. The minimum absolute atomic E-state index is 0.0652. The van der Waals surface area contributed by atoms with Crippen LogP contribution in [0.4, 0.5) is 16.3 Å². The third kappa shape index (κ3) is 3.58. The van der Waals surface area contributed by atoms with Gasteiger partial charge in [0.1, 0.15) is 5.82 Å². The van der Waals surface area contributed by atoms with Crippen LogP contribution in [0.3, 0.4) is 0 Å². The van der Waals surface area contributed by atoms with Crippen molar-refractivity contribution in [2.75, 3.05) is 24.7 Å². The van der Waals surface area contributed by atoms with Crippen LogP contribution in [0, 0.1) is 5.82 Å². The highest BCUT2D eigenvalue weighted by Crippen LogP contribution is 2.42. The van der Waals surface area contributed by atoms with E-state index in [0.29, 0.717) is 24.4 Å².